The number of hydrogen-bond donors (Lipinski definition) is 2. The van der Waals surface area contributed by atoms with Gasteiger partial charge in [-0.1, -0.05) is 69.3 Å². The van der Waals surface area contributed by atoms with Crippen LogP contribution in [0.4, 0.5) is 0 Å². The lowest BCUT2D eigenvalue weighted by Crippen LogP contribution is -2.57. The van der Waals surface area contributed by atoms with Crippen LogP contribution in [0.3, 0.4) is 0 Å². The van der Waals surface area contributed by atoms with Gasteiger partial charge in [-0.3, -0.25) is 19.2 Å². The highest BCUT2D eigenvalue weighted by atomic mass is 32.2. The number of pyridine rings is 1. The molecule has 0 radical (unpaired) electrons. The summed E-state index contributed by atoms with van der Waals surface area (Å²) >= 11 is 0. The first-order valence-corrected chi connectivity index (χ1v) is 20.6. The van der Waals surface area contributed by atoms with Gasteiger partial charge in [-0.2, -0.15) is 0 Å². The van der Waals surface area contributed by atoms with Gasteiger partial charge in [-0.05, 0) is 56.1 Å². The molecule has 2 saturated heterocycles. The van der Waals surface area contributed by atoms with E-state index in [1.54, 1.807) is 6.08 Å². The molecule has 4 aliphatic rings. The van der Waals surface area contributed by atoms with Crippen LogP contribution in [-0.4, -0.2) is 94.5 Å². The van der Waals surface area contributed by atoms with E-state index in [0.29, 0.717) is 37.4 Å². The van der Waals surface area contributed by atoms with Crippen molar-refractivity contribution in [2.24, 2.45) is 17.3 Å². The third kappa shape index (κ3) is 7.99. The number of ether oxygens (including phenoxy) is 1. The lowest BCUT2D eigenvalue weighted by atomic mass is 9.77. The lowest BCUT2D eigenvalue weighted by molar-refractivity contribution is -0.149. The molecular formula is C42H51N5O7S. The summed E-state index contributed by atoms with van der Waals surface area (Å²) in [4.78, 5) is 65.1. The molecule has 2 aromatic carbocycles. The maximum Gasteiger partial charge on any atom is 0.262 e. The fourth-order valence-corrected chi connectivity index (χ4v) is 9.00. The van der Waals surface area contributed by atoms with Crippen LogP contribution in [0, 0.1) is 17.3 Å². The van der Waals surface area contributed by atoms with Crippen molar-refractivity contribution in [2.75, 3.05) is 19.6 Å². The molecule has 12 nitrogen and oxygen atoms in total. The van der Waals surface area contributed by atoms with Gasteiger partial charge in [0.2, 0.25) is 28.6 Å². The summed E-state index contributed by atoms with van der Waals surface area (Å²) < 4.78 is 32.2. The highest BCUT2D eigenvalue weighted by molar-refractivity contribution is 7.70. The maximum atomic E-state index is 14.8. The van der Waals surface area contributed by atoms with Gasteiger partial charge in [0.25, 0.3) is 5.91 Å². The van der Waals surface area contributed by atoms with Crippen molar-refractivity contribution < 1.29 is 32.3 Å². The van der Waals surface area contributed by atoms with Crippen LogP contribution in [0.5, 0.6) is 5.75 Å². The minimum atomic E-state index is -3.22. The molecule has 1 aromatic heterocycles. The predicted molar refractivity (Wildman–Crippen MR) is 209 cm³/mol. The number of fused-ring (bicyclic) bond motifs is 1. The average molecular weight is 770 g/mol. The molecule has 1 unspecified atom stereocenters. The van der Waals surface area contributed by atoms with Crippen LogP contribution in [0.2, 0.25) is 0 Å². The van der Waals surface area contributed by atoms with E-state index in [0.717, 1.165) is 40.0 Å². The zero-order valence-corrected chi connectivity index (χ0v) is 32.7. The van der Waals surface area contributed by atoms with Crippen LogP contribution in [0.15, 0.2) is 73.3 Å². The van der Waals surface area contributed by atoms with Gasteiger partial charge in [0.15, 0.2) is 0 Å². The van der Waals surface area contributed by atoms with E-state index in [4.69, 9.17) is 9.72 Å². The van der Waals surface area contributed by atoms with Gasteiger partial charge in [-0.15, -0.1) is 6.58 Å². The van der Waals surface area contributed by atoms with Gasteiger partial charge < -0.3 is 19.9 Å². The molecular weight excluding hydrogens is 719 g/mol. The number of para-hydroxylation sites is 1. The van der Waals surface area contributed by atoms with E-state index in [9.17, 15) is 27.6 Å². The molecule has 7 rings (SSSR count). The SMILES string of the molecule is C=CC1C[C@]1(NC(=O)[C@@H]1C[C@@H](Oc2cc(-c3ccccc3)nc3ccccc23)CN1C(=O)[C@@H](CC(=O)N1CCCCC1)C(C)(C)C)C(=O)N(C1CC1)[SH](=O)=O. The molecule has 2 aliphatic carbocycles. The number of carbonyl (C=O) groups is 4. The molecule has 3 aromatic rings. The summed E-state index contributed by atoms with van der Waals surface area (Å²) in [6.45, 7) is 11.0. The third-order valence-corrected chi connectivity index (χ3v) is 12.5. The first-order valence-electron chi connectivity index (χ1n) is 19.4. The maximum absolute atomic E-state index is 14.8. The van der Waals surface area contributed by atoms with Gasteiger partial charge >= 0.3 is 0 Å². The minimum absolute atomic E-state index is 0.00197. The number of likely N-dealkylation sites (tertiary alicyclic amines) is 2. The van der Waals surface area contributed by atoms with Crippen molar-refractivity contribution in [2.45, 2.75) is 95.9 Å². The molecule has 4 amide bonds. The number of piperidine rings is 1. The summed E-state index contributed by atoms with van der Waals surface area (Å²) in [7, 11) is -3.22. The minimum Gasteiger partial charge on any atom is -0.488 e. The van der Waals surface area contributed by atoms with Crippen LogP contribution in [0.25, 0.3) is 22.2 Å². The molecule has 3 heterocycles. The van der Waals surface area contributed by atoms with E-state index in [1.165, 1.54) is 4.90 Å². The van der Waals surface area contributed by atoms with Crippen LogP contribution < -0.4 is 10.1 Å². The standard InChI is InChI=1S/C42H51N5O7S/c1-5-28-25-42(28,40(51)47(55(52)53)29-18-19-29)44-38(49)35-22-30(26-46(35)39(50)32(41(2,3)4)23-37(48)45-20-12-7-13-21-45)54-36-24-34(27-14-8-6-9-15-27)43-33-17-11-10-16-31(33)36/h5-6,8-11,14-17,24,28-30,32,35,55H,1,7,12-13,18-23,25-26H2,2-4H3,(H,44,49)/t28?,30-,32-,35+,42-/m1/s1. The number of rotatable bonds is 12. The summed E-state index contributed by atoms with van der Waals surface area (Å²) in [6, 6.07) is 17.8. The Balaban J connectivity index is 1.21. The van der Waals surface area contributed by atoms with Crippen LogP contribution in [0.1, 0.15) is 72.1 Å². The van der Waals surface area contributed by atoms with Gasteiger partial charge in [-0.25, -0.2) is 17.7 Å². The Morgan fingerprint density at radius 2 is 1.73 bits per heavy atom. The van der Waals surface area contributed by atoms with E-state index < -0.39 is 63.7 Å². The molecule has 2 saturated carbocycles. The summed E-state index contributed by atoms with van der Waals surface area (Å²) in [5.74, 6) is -2.33. The monoisotopic (exact) mass is 769 g/mol. The zero-order chi connectivity index (χ0) is 39.1. The van der Waals surface area contributed by atoms with E-state index in [-0.39, 0.29) is 37.6 Å². The van der Waals surface area contributed by atoms with Gasteiger partial charge in [0.05, 0.1) is 23.7 Å². The molecule has 5 atom stereocenters. The predicted octanol–water partition coefficient (Wildman–Crippen LogP) is 4.89. The fourth-order valence-electron chi connectivity index (χ4n) is 8.18. The summed E-state index contributed by atoms with van der Waals surface area (Å²) in [5.41, 5.74) is 0.232. The van der Waals surface area contributed by atoms with Crippen molar-refractivity contribution in [3.8, 4) is 17.0 Å². The third-order valence-electron chi connectivity index (χ3n) is 11.6. The number of hydrogen-bond acceptors (Lipinski definition) is 8. The summed E-state index contributed by atoms with van der Waals surface area (Å²) in [6.07, 6.45) is 5.30. The Kier molecular flexibility index (Phi) is 10.8. The molecule has 4 fully saturated rings. The van der Waals surface area contributed by atoms with Gasteiger partial charge in [0, 0.05) is 54.9 Å². The molecule has 0 bridgehead atoms. The van der Waals surface area contributed by atoms with Crippen molar-refractivity contribution in [1.82, 2.24) is 24.4 Å². The summed E-state index contributed by atoms with van der Waals surface area (Å²) in [5, 5.41) is 3.70. The second-order valence-corrected chi connectivity index (χ2v) is 17.5. The fraction of sp³-hybridized carbons (Fsp3) is 0.500. The molecule has 292 valence electrons. The highest BCUT2D eigenvalue weighted by Crippen LogP contribution is 2.48. The second-order valence-electron chi connectivity index (χ2n) is 16.6. The average Bonchev–Trinajstić information content (AvgIpc) is 4.10. The number of nitrogens with zero attached hydrogens (tertiary/aromatic N) is 4. The zero-order valence-electron chi connectivity index (χ0n) is 31.8. The largest absolute Gasteiger partial charge is 0.488 e. The van der Waals surface area contributed by atoms with Gasteiger partial charge in [0.1, 0.15) is 23.4 Å². The quantitative estimate of drug-likeness (QED) is 0.196. The molecule has 1 N–H and O–H groups in total. The Bertz CT molecular complexity index is 2050. The highest BCUT2D eigenvalue weighted by Gasteiger charge is 2.63. The van der Waals surface area contributed by atoms with Crippen LogP contribution in [-0.2, 0) is 30.1 Å². The molecule has 0 spiro atoms. The number of aromatic nitrogens is 1. The Morgan fingerprint density at radius 3 is 2.36 bits per heavy atom. The first-order chi connectivity index (χ1) is 26.3. The van der Waals surface area contributed by atoms with E-state index >= 15 is 0 Å². The number of carbonyl (C=O) groups excluding carboxylic acids is 4. The molecule has 55 heavy (non-hydrogen) atoms. The molecule has 2 aliphatic heterocycles. The van der Waals surface area contributed by atoms with E-state index in [1.807, 2.05) is 86.3 Å². The smallest absolute Gasteiger partial charge is 0.262 e. The Hall–Kier alpha value is -4.78. The Labute approximate surface area is 324 Å². The van der Waals surface area contributed by atoms with Crippen molar-refractivity contribution in [3.05, 3.63) is 73.3 Å². The number of thiol groups is 1. The van der Waals surface area contributed by atoms with Crippen molar-refractivity contribution in [3.63, 3.8) is 0 Å². The topological polar surface area (TPSA) is 146 Å². The molecule has 13 heteroatoms. The second kappa shape index (κ2) is 15.4. The normalized spacial score (nSPS) is 24.3. The Morgan fingerprint density at radius 1 is 1.04 bits per heavy atom. The number of nitrogens with one attached hydrogen (secondary N) is 1. The van der Waals surface area contributed by atoms with E-state index in [2.05, 4.69) is 11.9 Å². The lowest BCUT2D eigenvalue weighted by Gasteiger charge is -2.36. The van der Waals surface area contributed by atoms with Crippen LogP contribution >= 0.6 is 0 Å². The number of benzene rings is 2. The van der Waals surface area contributed by atoms with Crippen molar-refractivity contribution in [1.29, 1.82) is 0 Å². The number of amides is 4. The first kappa shape index (κ1) is 38.5. The van der Waals surface area contributed by atoms with Crippen molar-refractivity contribution >= 4 is 45.4 Å².